The number of guanidine groups is 1. The van der Waals surface area contributed by atoms with Crippen molar-refractivity contribution in [2.24, 2.45) is 10.7 Å². The Morgan fingerprint density at radius 2 is 2.11 bits per heavy atom. The van der Waals surface area contributed by atoms with Gasteiger partial charge in [0.15, 0.2) is 5.96 Å². The van der Waals surface area contributed by atoms with E-state index in [2.05, 4.69) is 25.3 Å². The number of likely N-dealkylation sites (tertiary alicyclic amines) is 1. The SMILES string of the molecule is CN=C(NCCNS(=O)(=O)c1cccnc1)NC1CCN(CC(N)=O)CC1. The molecule has 1 amide bonds. The summed E-state index contributed by atoms with van der Waals surface area (Å²) >= 11 is 0. The number of pyridine rings is 1. The number of nitrogens with two attached hydrogens (primary N) is 1. The van der Waals surface area contributed by atoms with Crippen molar-refractivity contribution in [3.63, 3.8) is 0 Å². The van der Waals surface area contributed by atoms with Crippen molar-refractivity contribution < 1.29 is 13.2 Å². The number of aromatic nitrogens is 1. The molecule has 2 heterocycles. The third kappa shape index (κ3) is 7.12. The Morgan fingerprint density at radius 3 is 2.70 bits per heavy atom. The molecule has 0 saturated carbocycles. The quantitative estimate of drug-likeness (QED) is 0.237. The average molecular weight is 398 g/mol. The Morgan fingerprint density at radius 1 is 1.37 bits per heavy atom. The number of nitrogens with zero attached hydrogens (tertiary/aromatic N) is 3. The molecule has 1 saturated heterocycles. The van der Waals surface area contributed by atoms with Crippen LogP contribution < -0.4 is 21.1 Å². The van der Waals surface area contributed by atoms with Crippen molar-refractivity contribution in [2.75, 3.05) is 39.8 Å². The summed E-state index contributed by atoms with van der Waals surface area (Å²) in [7, 11) is -1.90. The number of amides is 1. The maximum absolute atomic E-state index is 12.1. The van der Waals surface area contributed by atoms with Gasteiger partial charge in [0.1, 0.15) is 4.90 Å². The number of aliphatic imine (C=N–C) groups is 1. The first-order valence-electron chi connectivity index (χ1n) is 8.78. The van der Waals surface area contributed by atoms with Gasteiger partial charge in [-0.2, -0.15) is 0 Å². The summed E-state index contributed by atoms with van der Waals surface area (Å²) in [5.41, 5.74) is 5.22. The lowest BCUT2D eigenvalue weighted by Crippen LogP contribution is -2.50. The number of carbonyl (C=O) groups is 1. The molecule has 5 N–H and O–H groups in total. The summed E-state index contributed by atoms with van der Waals surface area (Å²) in [5, 5.41) is 6.41. The van der Waals surface area contributed by atoms with Crippen molar-refractivity contribution in [1.82, 2.24) is 25.2 Å². The molecular formula is C16H27N7O3S. The fraction of sp³-hybridized carbons (Fsp3) is 0.562. The monoisotopic (exact) mass is 397 g/mol. The van der Waals surface area contributed by atoms with E-state index in [4.69, 9.17) is 5.73 Å². The van der Waals surface area contributed by atoms with E-state index in [0.717, 1.165) is 25.9 Å². The van der Waals surface area contributed by atoms with Crippen molar-refractivity contribution in [2.45, 2.75) is 23.8 Å². The minimum Gasteiger partial charge on any atom is -0.369 e. The number of hydrogen-bond acceptors (Lipinski definition) is 6. The molecule has 1 aromatic rings. The summed E-state index contributed by atoms with van der Waals surface area (Å²) in [6.45, 7) is 2.48. The predicted molar refractivity (Wildman–Crippen MR) is 103 cm³/mol. The van der Waals surface area contributed by atoms with Gasteiger partial charge in [0.05, 0.1) is 6.54 Å². The molecule has 1 aliphatic heterocycles. The van der Waals surface area contributed by atoms with E-state index < -0.39 is 10.0 Å². The van der Waals surface area contributed by atoms with E-state index in [1.807, 2.05) is 4.90 Å². The lowest BCUT2D eigenvalue weighted by atomic mass is 10.1. The van der Waals surface area contributed by atoms with Crippen LogP contribution in [0.1, 0.15) is 12.8 Å². The topological polar surface area (TPSA) is 142 Å². The first-order valence-corrected chi connectivity index (χ1v) is 10.3. The Kier molecular flexibility index (Phi) is 7.95. The minimum atomic E-state index is -3.56. The molecule has 10 nitrogen and oxygen atoms in total. The van der Waals surface area contributed by atoms with Crippen molar-refractivity contribution in [1.29, 1.82) is 0 Å². The zero-order chi connectivity index (χ0) is 19.7. The predicted octanol–water partition coefficient (Wildman–Crippen LogP) is -1.53. The average Bonchev–Trinajstić information content (AvgIpc) is 2.66. The number of carbonyl (C=O) groups excluding carboxylic acids is 1. The molecule has 1 aliphatic rings. The van der Waals surface area contributed by atoms with Crippen molar-refractivity contribution in [3.8, 4) is 0 Å². The van der Waals surface area contributed by atoms with Crippen molar-refractivity contribution >= 4 is 21.9 Å². The number of nitrogens with one attached hydrogen (secondary N) is 3. The molecule has 0 aromatic carbocycles. The Labute approximate surface area is 159 Å². The van der Waals surface area contributed by atoms with E-state index >= 15 is 0 Å². The maximum atomic E-state index is 12.1. The molecule has 150 valence electrons. The van der Waals surface area contributed by atoms with Gasteiger partial charge >= 0.3 is 0 Å². The van der Waals surface area contributed by atoms with E-state index in [-0.39, 0.29) is 29.9 Å². The molecule has 0 spiro atoms. The first-order chi connectivity index (χ1) is 12.9. The van der Waals surface area contributed by atoms with Crippen LogP contribution in [0.2, 0.25) is 0 Å². The van der Waals surface area contributed by atoms with Crippen LogP contribution in [0.5, 0.6) is 0 Å². The van der Waals surface area contributed by atoms with Crippen LogP contribution in [0.4, 0.5) is 0 Å². The molecule has 27 heavy (non-hydrogen) atoms. The van der Waals surface area contributed by atoms with Crippen LogP contribution in [-0.2, 0) is 14.8 Å². The highest BCUT2D eigenvalue weighted by atomic mass is 32.2. The second-order valence-corrected chi connectivity index (χ2v) is 8.01. The molecule has 0 bridgehead atoms. The van der Waals surface area contributed by atoms with Gasteiger partial charge in [-0.05, 0) is 25.0 Å². The standard InChI is InChI=1S/C16H27N7O3S/c1-18-16(22-13-4-9-23(10-5-13)12-15(17)24)20-7-8-21-27(25,26)14-3-2-6-19-11-14/h2-3,6,11,13,21H,4-5,7-10,12H2,1H3,(H2,17,24)(H2,18,20,22). The molecule has 0 radical (unpaired) electrons. The van der Waals surface area contributed by atoms with Crippen LogP contribution in [0, 0.1) is 0 Å². The van der Waals surface area contributed by atoms with Gasteiger partial charge in [-0.3, -0.25) is 19.7 Å². The Hall–Kier alpha value is -2.24. The summed E-state index contributed by atoms with van der Waals surface area (Å²) < 4.78 is 26.7. The highest BCUT2D eigenvalue weighted by molar-refractivity contribution is 7.89. The highest BCUT2D eigenvalue weighted by Gasteiger charge is 2.20. The number of rotatable bonds is 8. The summed E-state index contributed by atoms with van der Waals surface area (Å²) in [6, 6.07) is 3.31. The van der Waals surface area contributed by atoms with E-state index in [1.54, 1.807) is 13.1 Å². The second kappa shape index (κ2) is 10.2. The summed E-state index contributed by atoms with van der Waals surface area (Å²) in [5.74, 6) is 0.302. The van der Waals surface area contributed by atoms with Crippen molar-refractivity contribution in [3.05, 3.63) is 24.5 Å². The van der Waals surface area contributed by atoms with Gasteiger partial charge < -0.3 is 16.4 Å². The fourth-order valence-corrected chi connectivity index (χ4v) is 3.79. The second-order valence-electron chi connectivity index (χ2n) is 6.25. The number of primary amides is 1. The van der Waals surface area contributed by atoms with E-state index in [1.165, 1.54) is 18.5 Å². The zero-order valence-corrected chi connectivity index (χ0v) is 16.2. The maximum Gasteiger partial charge on any atom is 0.242 e. The molecule has 11 heteroatoms. The summed E-state index contributed by atoms with van der Waals surface area (Å²) in [4.78, 5) is 21.1. The third-order valence-corrected chi connectivity index (χ3v) is 5.63. The van der Waals surface area contributed by atoms with Crippen LogP contribution in [0.25, 0.3) is 0 Å². The third-order valence-electron chi connectivity index (χ3n) is 4.19. The molecule has 1 fully saturated rings. The van der Waals surface area contributed by atoms with Gasteiger partial charge in [0.2, 0.25) is 15.9 Å². The first kappa shape index (κ1) is 21.1. The molecule has 0 unspecified atom stereocenters. The fourth-order valence-electron chi connectivity index (χ4n) is 2.80. The Bertz CT molecular complexity index is 732. The van der Waals surface area contributed by atoms with Crippen LogP contribution >= 0.6 is 0 Å². The van der Waals surface area contributed by atoms with E-state index in [0.29, 0.717) is 12.5 Å². The minimum absolute atomic E-state index is 0.134. The molecular weight excluding hydrogens is 370 g/mol. The van der Waals surface area contributed by atoms with Gasteiger partial charge in [-0.1, -0.05) is 0 Å². The molecule has 1 aromatic heterocycles. The van der Waals surface area contributed by atoms with Crippen LogP contribution in [-0.4, -0.2) is 76.0 Å². The van der Waals surface area contributed by atoms with Gasteiger partial charge in [-0.15, -0.1) is 0 Å². The number of hydrogen-bond donors (Lipinski definition) is 4. The Balaban J connectivity index is 1.70. The number of piperidine rings is 1. The van der Waals surface area contributed by atoms with Crippen LogP contribution in [0.15, 0.2) is 34.4 Å². The molecule has 2 rings (SSSR count). The van der Waals surface area contributed by atoms with Gasteiger partial charge in [0.25, 0.3) is 0 Å². The lowest BCUT2D eigenvalue weighted by Gasteiger charge is -2.32. The van der Waals surface area contributed by atoms with Gasteiger partial charge in [-0.25, -0.2) is 13.1 Å². The zero-order valence-electron chi connectivity index (χ0n) is 15.4. The smallest absolute Gasteiger partial charge is 0.242 e. The van der Waals surface area contributed by atoms with Crippen LogP contribution in [0.3, 0.4) is 0 Å². The largest absolute Gasteiger partial charge is 0.369 e. The van der Waals surface area contributed by atoms with Gasteiger partial charge in [0, 0.05) is 51.7 Å². The number of sulfonamides is 1. The van der Waals surface area contributed by atoms with E-state index in [9.17, 15) is 13.2 Å². The highest BCUT2D eigenvalue weighted by Crippen LogP contribution is 2.09. The lowest BCUT2D eigenvalue weighted by molar-refractivity contribution is -0.119. The molecule has 0 aliphatic carbocycles. The molecule has 0 atom stereocenters. The normalized spacial score (nSPS) is 16.9. The summed E-state index contributed by atoms with van der Waals surface area (Å²) in [6.07, 6.45) is 4.58.